The number of hydrogen-bond acceptors (Lipinski definition) is 3. The lowest BCUT2D eigenvalue weighted by Crippen LogP contribution is -2.22. The summed E-state index contributed by atoms with van der Waals surface area (Å²) in [6, 6.07) is 1.97. The first-order valence-electron chi connectivity index (χ1n) is 4.53. The van der Waals surface area contributed by atoms with Gasteiger partial charge in [0, 0.05) is 31.4 Å². The maximum absolute atomic E-state index is 11.5. The molecule has 2 aromatic rings. The zero-order chi connectivity index (χ0) is 10.7. The standard InChI is InChI=1S/C10H11N3OS/c1-13-3-2-8(5-13)4-11-10(14)9-6-15-7-12-9/h2-3,5-7H,4H2,1H3,(H,11,14). The number of carbonyl (C=O) groups excluding carboxylic acids is 1. The molecule has 5 heteroatoms. The summed E-state index contributed by atoms with van der Waals surface area (Å²) in [6.07, 6.45) is 3.92. The summed E-state index contributed by atoms with van der Waals surface area (Å²) in [4.78, 5) is 15.4. The molecule has 2 rings (SSSR count). The van der Waals surface area contributed by atoms with Gasteiger partial charge < -0.3 is 9.88 Å². The van der Waals surface area contributed by atoms with Gasteiger partial charge in [-0.3, -0.25) is 4.79 Å². The molecule has 0 radical (unpaired) electrons. The fourth-order valence-electron chi connectivity index (χ4n) is 1.26. The summed E-state index contributed by atoms with van der Waals surface area (Å²) >= 11 is 1.42. The number of amides is 1. The van der Waals surface area contributed by atoms with Crippen molar-refractivity contribution in [3.63, 3.8) is 0 Å². The summed E-state index contributed by atoms with van der Waals surface area (Å²) in [7, 11) is 1.95. The molecule has 0 aliphatic heterocycles. The van der Waals surface area contributed by atoms with Gasteiger partial charge in [-0.05, 0) is 11.6 Å². The Hall–Kier alpha value is -1.62. The molecular weight excluding hydrogens is 210 g/mol. The van der Waals surface area contributed by atoms with Crippen molar-refractivity contribution in [2.45, 2.75) is 6.54 Å². The highest BCUT2D eigenvalue weighted by molar-refractivity contribution is 7.07. The molecule has 0 saturated carbocycles. The number of carbonyl (C=O) groups is 1. The molecular formula is C10H11N3OS. The molecule has 2 heterocycles. The van der Waals surface area contributed by atoms with Gasteiger partial charge in [0.25, 0.3) is 5.91 Å². The van der Waals surface area contributed by atoms with Gasteiger partial charge in [-0.1, -0.05) is 0 Å². The highest BCUT2D eigenvalue weighted by Crippen LogP contribution is 2.02. The van der Waals surface area contributed by atoms with E-state index in [1.165, 1.54) is 11.3 Å². The van der Waals surface area contributed by atoms with Crippen molar-refractivity contribution < 1.29 is 4.79 Å². The zero-order valence-corrected chi connectivity index (χ0v) is 9.12. The van der Waals surface area contributed by atoms with Gasteiger partial charge in [0.2, 0.25) is 0 Å². The molecule has 15 heavy (non-hydrogen) atoms. The first-order chi connectivity index (χ1) is 7.25. The lowest BCUT2D eigenvalue weighted by molar-refractivity contribution is 0.0946. The molecule has 78 valence electrons. The van der Waals surface area contributed by atoms with Crippen LogP contribution in [0.2, 0.25) is 0 Å². The van der Waals surface area contributed by atoms with Gasteiger partial charge >= 0.3 is 0 Å². The normalized spacial score (nSPS) is 10.2. The van der Waals surface area contributed by atoms with E-state index >= 15 is 0 Å². The van der Waals surface area contributed by atoms with Crippen molar-refractivity contribution in [1.82, 2.24) is 14.9 Å². The molecule has 0 unspecified atom stereocenters. The largest absolute Gasteiger partial charge is 0.357 e. The van der Waals surface area contributed by atoms with Crippen LogP contribution >= 0.6 is 11.3 Å². The summed E-state index contributed by atoms with van der Waals surface area (Å²) in [5.41, 5.74) is 3.22. The minimum atomic E-state index is -0.125. The Morgan fingerprint density at radius 2 is 2.53 bits per heavy atom. The Morgan fingerprint density at radius 1 is 1.67 bits per heavy atom. The lowest BCUT2D eigenvalue weighted by Gasteiger charge is -2.00. The Kier molecular flexibility index (Phi) is 2.82. The highest BCUT2D eigenvalue weighted by atomic mass is 32.1. The monoisotopic (exact) mass is 221 g/mol. The van der Waals surface area contributed by atoms with E-state index in [9.17, 15) is 4.79 Å². The Balaban J connectivity index is 1.91. The topological polar surface area (TPSA) is 46.9 Å². The molecule has 0 spiro atoms. The minimum absolute atomic E-state index is 0.125. The number of aryl methyl sites for hydroxylation is 1. The molecule has 1 N–H and O–H groups in total. The third-order valence-corrected chi connectivity index (χ3v) is 2.60. The molecule has 0 saturated heterocycles. The summed E-state index contributed by atoms with van der Waals surface area (Å²) in [5, 5.41) is 4.54. The van der Waals surface area contributed by atoms with Crippen molar-refractivity contribution >= 4 is 17.2 Å². The summed E-state index contributed by atoms with van der Waals surface area (Å²) in [6.45, 7) is 0.539. The van der Waals surface area contributed by atoms with Gasteiger partial charge in [-0.25, -0.2) is 4.98 Å². The quantitative estimate of drug-likeness (QED) is 0.852. The second kappa shape index (κ2) is 4.27. The van der Waals surface area contributed by atoms with Crippen molar-refractivity contribution in [3.05, 3.63) is 40.6 Å². The van der Waals surface area contributed by atoms with Crippen molar-refractivity contribution in [2.24, 2.45) is 7.05 Å². The molecule has 0 atom stereocenters. The molecule has 2 aromatic heterocycles. The van der Waals surface area contributed by atoms with Crippen molar-refractivity contribution in [3.8, 4) is 0 Å². The number of thiazole rings is 1. The van der Waals surface area contributed by atoms with Gasteiger partial charge in [0.1, 0.15) is 5.69 Å². The van der Waals surface area contributed by atoms with Crippen LogP contribution < -0.4 is 5.32 Å². The van der Waals surface area contributed by atoms with E-state index in [0.717, 1.165) is 5.56 Å². The molecule has 0 aromatic carbocycles. The van der Waals surface area contributed by atoms with Gasteiger partial charge in [0.05, 0.1) is 5.51 Å². The van der Waals surface area contributed by atoms with Crippen LogP contribution in [0.4, 0.5) is 0 Å². The van der Waals surface area contributed by atoms with E-state index in [-0.39, 0.29) is 5.91 Å². The number of aromatic nitrogens is 2. The number of hydrogen-bond donors (Lipinski definition) is 1. The Labute approximate surface area is 91.6 Å². The van der Waals surface area contributed by atoms with Crippen LogP contribution in [0.25, 0.3) is 0 Å². The molecule has 0 fully saturated rings. The van der Waals surface area contributed by atoms with Crippen LogP contribution in [0.5, 0.6) is 0 Å². The average Bonchev–Trinajstić information content (AvgIpc) is 2.84. The molecule has 1 amide bonds. The number of rotatable bonds is 3. The maximum atomic E-state index is 11.5. The zero-order valence-electron chi connectivity index (χ0n) is 8.30. The second-order valence-corrected chi connectivity index (χ2v) is 3.96. The number of nitrogens with zero attached hydrogens (tertiary/aromatic N) is 2. The fourth-order valence-corrected chi connectivity index (χ4v) is 1.80. The third kappa shape index (κ3) is 2.44. The molecule has 0 bridgehead atoms. The van der Waals surface area contributed by atoms with E-state index in [0.29, 0.717) is 12.2 Å². The summed E-state index contributed by atoms with van der Waals surface area (Å²) in [5.74, 6) is -0.125. The predicted molar refractivity (Wildman–Crippen MR) is 58.7 cm³/mol. The molecule has 4 nitrogen and oxygen atoms in total. The SMILES string of the molecule is Cn1ccc(CNC(=O)c2cscn2)c1. The van der Waals surface area contributed by atoms with Crippen molar-refractivity contribution in [1.29, 1.82) is 0 Å². The minimum Gasteiger partial charge on any atom is -0.357 e. The van der Waals surface area contributed by atoms with Crippen molar-refractivity contribution in [2.75, 3.05) is 0 Å². The van der Waals surface area contributed by atoms with Gasteiger partial charge in [-0.2, -0.15) is 0 Å². The van der Waals surface area contributed by atoms with Gasteiger partial charge in [0.15, 0.2) is 0 Å². The Bertz CT molecular complexity index is 447. The first-order valence-corrected chi connectivity index (χ1v) is 5.47. The highest BCUT2D eigenvalue weighted by Gasteiger charge is 2.06. The van der Waals surface area contributed by atoms with Crippen LogP contribution in [0.1, 0.15) is 16.1 Å². The van der Waals surface area contributed by atoms with E-state index in [2.05, 4.69) is 10.3 Å². The van der Waals surface area contributed by atoms with E-state index in [4.69, 9.17) is 0 Å². The smallest absolute Gasteiger partial charge is 0.271 e. The van der Waals surface area contributed by atoms with Crippen LogP contribution in [0, 0.1) is 0 Å². The third-order valence-electron chi connectivity index (χ3n) is 2.01. The fraction of sp³-hybridized carbons (Fsp3) is 0.200. The molecule has 0 aliphatic rings. The lowest BCUT2D eigenvalue weighted by atomic mass is 10.3. The average molecular weight is 221 g/mol. The number of nitrogens with one attached hydrogen (secondary N) is 1. The van der Waals surface area contributed by atoms with E-state index in [1.807, 2.05) is 30.1 Å². The van der Waals surface area contributed by atoms with Crippen LogP contribution in [-0.2, 0) is 13.6 Å². The first kappa shape index (κ1) is 9.92. The van der Waals surface area contributed by atoms with Crippen LogP contribution in [0.3, 0.4) is 0 Å². The van der Waals surface area contributed by atoms with E-state index in [1.54, 1.807) is 10.9 Å². The van der Waals surface area contributed by atoms with Crippen LogP contribution in [-0.4, -0.2) is 15.5 Å². The van der Waals surface area contributed by atoms with Crippen LogP contribution in [0.15, 0.2) is 29.4 Å². The Morgan fingerprint density at radius 3 is 3.13 bits per heavy atom. The molecule has 0 aliphatic carbocycles. The predicted octanol–water partition coefficient (Wildman–Crippen LogP) is 1.41. The van der Waals surface area contributed by atoms with E-state index < -0.39 is 0 Å². The maximum Gasteiger partial charge on any atom is 0.271 e. The summed E-state index contributed by atoms with van der Waals surface area (Å²) < 4.78 is 1.95. The second-order valence-electron chi connectivity index (χ2n) is 3.24. The van der Waals surface area contributed by atoms with Gasteiger partial charge in [-0.15, -0.1) is 11.3 Å².